The summed E-state index contributed by atoms with van der Waals surface area (Å²) in [4.78, 5) is 25.9. The zero-order valence-corrected chi connectivity index (χ0v) is 15.4. The van der Waals surface area contributed by atoms with Gasteiger partial charge in [-0.3, -0.25) is 14.5 Å². The average Bonchev–Trinajstić information content (AvgIpc) is 2.56. The SMILES string of the molecule is Cc1cc(OCC(N)=O)ccc1NC(=O)[C@@H](C(C)C)N1CCCCC1. The monoisotopic (exact) mass is 347 g/mol. The topological polar surface area (TPSA) is 84.7 Å². The average molecular weight is 347 g/mol. The minimum atomic E-state index is -0.517. The van der Waals surface area contributed by atoms with Crippen LogP contribution in [0.3, 0.4) is 0 Å². The van der Waals surface area contributed by atoms with Gasteiger partial charge >= 0.3 is 0 Å². The zero-order chi connectivity index (χ0) is 18.4. The number of piperidine rings is 1. The van der Waals surface area contributed by atoms with E-state index in [1.165, 1.54) is 6.42 Å². The molecule has 3 N–H and O–H groups in total. The maximum atomic E-state index is 12.9. The highest BCUT2D eigenvalue weighted by Gasteiger charge is 2.30. The van der Waals surface area contributed by atoms with Crippen molar-refractivity contribution in [3.8, 4) is 5.75 Å². The lowest BCUT2D eigenvalue weighted by Crippen LogP contribution is -2.49. The molecular weight excluding hydrogens is 318 g/mol. The van der Waals surface area contributed by atoms with Crippen molar-refractivity contribution in [2.24, 2.45) is 11.7 Å². The molecule has 25 heavy (non-hydrogen) atoms. The van der Waals surface area contributed by atoms with Gasteiger partial charge in [0.2, 0.25) is 5.91 Å². The number of benzene rings is 1. The third-order valence-corrected chi connectivity index (χ3v) is 4.52. The number of primary amides is 1. The number of anilines is 1. The minimum absolute atomic E-state index is 0.0332. The highest BCUT2D eigenvalue weighted by Crippen LogP contribution is 2.24. The van der Waals surface area contributed by atoms with Crippen LogP contribution in [-0.2, 0) is 9.59 Å². The second kappa shape index (κ2) is 8.85. The summed E-state index contributed by atoms with van der Waals surface area (Å²) in [7, 11) is 0. The number of amides is 2. The van der Waals surface area contributed by atoms with Crippen molar-refractivity contribution in [1.29, 1.82) is 0 Å². The number of hydrogen-bond acceptors (Lipinski definition) is 4. The fourth-order valence-electron chi connectivity index (χ4n) is 3.31. The summed E-state index contributed by atoms with van der Waals surface area (Å²) in [5.41, 5.74) is 6.73. The van der Waals surface area contributed by atoms with E-state index in [9.17, 15) is 9.59 Å². The van der Waals surface area contributed by atoms with Crippen LogP contribution in [0.5, 0.6) is 5.75 Å². The Morgan fingerprint density at radius 2 is 1.92 bits per heavy atom. The fourth-order valence-corrected chi connectivity index (χ4v) is 3.31. The fraction of sp³-hybridized carbons (Fsp3) is 0.579. The van der Waals surface area contributed by atoms with E-state index in [1.807, 2.05) is 6.92 Å². The molecular formula is C19H29N3O3. The third kappa shape index (κ3) is 5.46. The Morgan fingerprint density at radius 1 is 1.24 bits per heavy atom. The molecule has 0 saturated carbocycles. The molecule has 1 aromatic carbocycles. The Morgan fingerprint density at radius 3 is 2.48 bits per heavy atom. The lowest BCUT2D eigenvalue weighted by molar-refractivity contribution is -0.123. The van der Waals surface area contributed by atoms with E-state index in [4.69, 9.17) is 10.5 Å². The molecule has 0 aromatic heterocycles. The maximum absolute atomic E-state index is 12.9. The van der Waals surface area contributed by atoms with Crippen LogP contribution in [0.2, 0.25) is 0 Å². The van der Waals surface area contributed by atoms with E-state index >= 15 is 0 Å². The van der Waals surface area contributed by atoms with Gasteiger partial charge in [0.25, 0.3) is 5.91 Å². The van der Waals surface area contributed by atoms with Crippen LogP contribution < -0.4 is 15.8 Å². The van der Waals surface area contributed by atoms with E-state index in [1.54, 1.807) is 18.2 Å². The van der Waals surface area contributed by atoms with Crippen molar-refractivity contribution in [2.75, 3.05) is 25.0 Å². The summed E-state index contributed by atoms with van der Waals surface area (Å²) in [6, 6.07) is 5.21. The number of ether oxygens (including phenoxy) is 1. The molecule has 0 spiro atoms. The Kier molecular flexibility index (Phi) is 6.82. The van der Waals surface area contributed by atoms with Gasteiger partial charge in [0.15, 0.2) is 6.61 Å². The Labute approximate surface area is 149 Å². The van der Waals surface area contributed by atoms with Crippen LogP contribution in [0.1, 0.15) is 38.7 Å². The van der Waals surface area contributed by atoms with E-state index in [0.717, 1.165) is 37.2 Å². The van der Waals surface area contributed by atoms with Crippen molar-refractivity contribution in [2.45, 2.75) is 46.1 Å². The molecule has 0 bridgehead atoms. The molecule has 1 aliphatic rings. The van der Waals surface area contributed by atoms with E-state index in [0.29, 0.717) is 5.75 Å². The number of aryl methyl sites for hydroxylation is 1. The number of carbonyl (C=O) groups excluding carboxylic acids is 2. The molecule has 1 heterocycles. The number of hydrogen-bond donors (Lipinski definition) is 2. The van der Waals surface area contributed by atoms with Gasteiger partial charge in [0, 0.05) is 5.69 Å². The van der Waals surface area contributed by atoms with Crippen LogP contribution >= 0.6 is 0 Å². The van der Waals surface area contributed by atoms with Crippen LogP contribution in [0.25, 0.3) is 0 Å². The number of nitrogens with one attached hydrogen (secondary N) is 1. The Bertz CT molecular complexity index is 610. The van der Waals surface area contributed by atoms with Crippen molar-refractivity contribution >= 4 is 17.5 Å². The lowest BCUT2D eigenvalue weighted by Gasteiger charge is -2.36. The van der Waals surface area contributed by atoms with Gasteiger partial charge in [-0.25, -0.2) is 0 Å². The molecule has 1 aliphatic heterocycles. The van der Waals surface area contributed by atoms with Crippen LogP contribution in [0, 0.1) is 12.8 Å². The summed E-state index contributed by atoms with van der Waals surface area (Å²) in [6.45, 7) is 7.89. The first kappa shape index (κ1) is 19.2. The van der Waals surface area contributed by atoms with Gasteiger partial charge in [-0.2, -0.15) is 0 Å². The van der Waals surface area contributed by atoms with Crippen molar-refractivity contribution in [3.05, 3.63) is 23.8 Å². The third-order valence-electron chi connectivity index (χ3n) is 4.52. The van der Waals surface area contributed by atoms with Crippen molar-refractivity contribution in [1.82, 2.24) is 4.90 Å². The molecule has 2 amide bonds. The van der Waals surface area contributed by atoms with Gasteiger partial charge in [-0.05, 0) is 62.5 Å². The summed E-state index contributed by atoms with van der Waals surface area (Å²) in [6.07, 6.45) is 3.55. The maximum Gasteiger partial charge on any atom is 0.255 e. The first-order chi connectivity index (χ1) is 11.9. The first-order valence-electron chi connectivity index (χ1n) is 8.95. The Balaban J connectivity index is 2.05. The van der Waals surface area contributed by atoms with Crippen LogP contribution in [0.15, 0.2) is 18.2 Å². The number of rotatable bonds is 7. The molecule has 6 nitrogen and oxygen atoms in total. The van der Waals surface area contributed by atoms with Gasteiger partial charge in [0.1, 0.15) is 5.75 Å². The second-order valence-corrected chi connectivity index (χ2v) is 7.01. The standard InChI is InChI=1S/C19H29N3O3/c1-13(2)18(22-9-5-4-6-10-22)19(24)21-16-8-7-15(11-14(16)3)25-12-17(20)23/h7-8,11,13,18H,4-6,9-10,12H2,1-3H3,(H2,20,23)(H,21,24)/t18-/m1/s1. The molecule has 1 atom stereocenters. The first-order valence-corrected chi connectivity index (χ1v) is 8.95. The highest BCUT2D eigenvalue weighted by molar-refractivity contribution is 5.95. The second-order valence-electron chi connectivity index (χ2n) is 7.01. The number of likely N-dealkylation sites (tertiary alicyclic amines) is 1. The predicted molar refractivity (Wildman–Crippen MR) is 98.5 cm³/mol. The van der Waals surface area contributed by atoms with Crippen molar-refractivity contribution in [3.63, 3.8) is 0 Å². The van der Waals surface area contributed by atoms with E-state index in [-0.39, 0.29) is 24.5 Å². The smallest absolute Gasteiger partial charge is 0.255 e. The molecule has 1 fully saturated rings. The largest absolute Gasteiger partial charge is 0.484 e. The molecule has 0 unspecified atom stereocenters. The van der Waals surface area contributed by atoms with Gasteiger partial charge in [-0.15, -0.1) is 0 Å². The molecule has 138 valence electrons. The van der Waals surface area contributed by atoms with E-state index in [2.05, 4.69) is 24.1 Å². The molecule has 0 radical (unpaired) electrons. The van der Waals surface area contributed by atoms with Gasteiger partial charge in [0.05, 0.1) is 6.04 Å². The highest BCUT2D eigenvalue weighted by atomic mass is 16.5. The van der Waals surface area contributed by atoms with E-state index < -0.39 is 5.91 Å². The zero-order valence-electron chi connectivity index (χ0n) is 15.4. The normalized spacial score (nSPS) is 16.5. The minimum Gasteiger partial charge on any atom is -0.484 e. The van der Waals surface area contributed by atoms with Gasteiger partial charge in [-0.1, -0.05) is 20.3 Å². The van der Waals surface area contributed by atoms with Crippen LogP contribution in [0.4, 0.5) is 5.69 Å². The number of nitrogens with two attached hydrogens (primary N) is 1. The molecule has 1 saturated heterocycles. The summed E-state index contributed by atoms with van der Waals surface area (Å²) in [5.74, 6) is 0.324. The van der Waals surface area contributed by atoms with Gasteiger partial charge < -0.3 is 15.8 Å². The Hall–Kier alpha value is -2.08. The van der Waals surface area contributed by atoms with Crippen molar-refractivity contribution < 1.29 is 14.3 Å². The molecule has 0 aliphatic carbocycles. The predicted octanol–water partition coefficient (Wildman–Crippen LogP) is 2.31. The molecule has 2 rings (SSSR count). The summed E-state index contributed by atoms with van der Waals surface area (Å²) in [5, 5.41) is 3.05. The lowest BCUT2D eigenvalue weighted by atomic mass is 9.98. The number of nitrogens with zero attached hydrogens (tertiary/aromatic N) is 1. The quantitative estimate of drug-likeness (QED) is 0.793. The summed E-state index contributed by atoms with van der Waals surface area (Å²) >= 11 is 0. The summed E-state index contributed by atoms with van der Waals surface area (Å²) < 4.78 is 5.29. The molecule has 6 heteroatoms. The van der Waals surface area contributed by atoms with Crippen LogP contribution in [-0.4, -0.2) is 42.5 Å². The number of carbonyl (C=O) groups is 2. The molecule has 1 aromatic rings.